The van der Waals surface area contributed by atoms with Crippen molar-refractivity contribution < 1.29 is 14.3 Å². The van der Waals surface area contributed by atoms with Crippen LogP contribution in [0.5, 0.6) is 0 Å². The lowest BCUT2D eigenvalue weighted by molar-refractivity contribution is -0.139. The molecule has 0 fully saturated rings. The molecule has 3 heteroatoms. The molecule has 0 amide bonds. The Morgan fingerprint density at radius 1 is 1.28 bits per heavy atom. The van der Waals surface area contributed by atoms with Crippen LogP contribution in [0.15, 0.2) is 35.3 Å². The first-order valence-corrected chi connectivity index (χ1v) is 6.74. The van der Waals surface area contributed by atoms with E-state index in [0.717, 1.165) is 44.3 Å². The molecule has 18 heavy (non-hydrogen) atoms. The fraction of sp³-hybridized carbons (Fsp3) is 0.533. The zero-order chi connectivity index (χ0) is 12.8. The van der Waals surface area contributed by atoms with Crippen LogP contribution in [-0.4, -0.2) is 12.6 Å². The van der Waals surface area contributed by atoms with E-state index < -0.39 is 0 Å². The second-order valence-electron chi connectivity index (χ2n) is 4.57. The van der Waals surface area contributed by atoms with Crippen LogP contribution in [-0.2, 0) is 14.3 Å². The van der Waals surface area contributed by atoms with Gasteiger partial charge in [-0.1, -0.05) is 6.08 Å². The lowest BCUT2D eigenvalue weighted by atomic mass is 10.2. The molecule has 0 bridgehead atoms. The summed E-state index contributed by atoms with van der Waals surface area (Å²) in [6, 6.07) is 0. The van der Waals surface area contributed by atoms with Crippen molar-refractivity contribution >= 4 is 5.97 Å². The van der Waals surface area contributed by atoms with Gasteiger partial charge in [-0.3, -0.25) is 0 Å². The summed E-state index contributed by atoms with van der Waals surface area (Å²) in [5.74, 6) is 0.752. The molecule has 2 rings (SSSR count). The number of ether oxygens (including phenoxy) is 2. The molecule has 0 aromatic heterocycles. The van der Waals surface area contributed by atoms with Crippen molar-refractivity contribution in [2.24, 2.45) is 0 Å². The average molecular weight is 248 g/mol. The first kappa shape index (κ1) is 12.9. The molecule has 0 heterocycles. The van der Waals surface area contributed by atoms with E-state index in [1.165, 1.54) is 5.57 Å². The van der Waals surface area contributed by atoms with Crippen LogP contribution in [0.1, 0.15) is 45.4 Å². The van der Waals surface area contributed by atoms with Crippen molar-refractivity contribution in [3.63, 3.8) is 0 Å². The van der Waals surface area contributed by atoms with Gasteiger partial charge in [0, 0.05) is 6.42 Å². The molecule has 98 valence electrons. The Hall–Kier alpha value is -1.51. The highest BCUT2D eigenvalue weighted by atomic mass is 16.6. The number of allylic oxidation sites excluding steroid dienone is 5. The Morgan fingerprint density at radius 2 is 2.06 bits per heavy atom. The minimum Gasteiger partial charge on any atom is -0.487 e. The molecular formula is C15H20O3. The van der Waals surface area contributed by atoms with Crippen LogP contribution < -0.4 is 0 Å². The molecule has 2 aliphatic rings. The van der Waals surface area contributed by atoms with Crippen molar-refractivity contribution in [3.05, 3.63) is 35.3 Å². The number of carbonyl (C=O) groups excluding carboxylic acids is 1. The van der Waals surface area contributed by atoms with Crippen LogP contribution in [0.3, 0.4) is 0 Å². The zero-order valence-electron chi connectivity index (χ0n) is 10.9. The van der Waals surface area contributed by atoms with Crippen LogP contribution in [0.25, 0.3) is 0 Å². The third-order valence-corrected chi connectivity index (χ3v) is 3.12. The monoisotopic (exact) mass is 248 g/mol. The lowest BCUT2D eigenvalue weighted by Gasteiger charge is -2.09. The highest BCUT2D eigenvalue weighted by Gasteiger charge is 2.17. The third kappa shape index (κ3) is 3.49. The van der Waals surface area contributed by atoms with Crippen LogP contribution in [0, 0.1) is 0 Å². The summed E-state index contributed by atoms with van der Waals surface area (Å²) in [6.45, 7) is 2.35. The molecule has 0 aliphatic heterocycles. The van der Waals surface area contributed by atoms with Gasteiger partial charge in [-0.2, -0.15) is 0 Å². The lowest BCUT2D eigenvalue weighted by Crippen LogP contribution is -2.10. The number of carbonyl (C=O) groups is 1. The number of rotatable bonds is 5. The van der Waals surface area contributed by atoms with E-state index in [9.17, 15) is 4.79 Å². The van der Waals surface area contributed by atoms with E-state index in [-0.39, 0.29) is 5.97 Å². The van der Waals surface area contributed by atoms with Crippen molar-refractivity contribution in [1.29, 1.82) is 0 Å². The van der Waals surface area contributed by atoms with Crippen LogP contribution in [0.2, 0.25) is 0 Å². The Labute approximate surface area is 108 Å². The van der Waals surface area contributed by atoms with Gasteiger partial charge in [-0.25, -0.2) is 4.79 Å². The zero-order valence-corrected chi connectivity index (χ0v) is 10.9. The normalized spacial score (nSPS) is 19.5. The Balaban J connectivity index is 2.01. The SMILES string of the molecule is CCOC(=CC1=CCCC1)C(=O)OC1=CCCC1. The van der Waals surface area contributed by atoms with E-state index in [0.29, 0.717) is 12.4 Å². The number of esters is 1. The maximum Gasteiger partial charge on any atom is 0.378 e. The van der Waals surface area contributed by atoms with Gasteiger partial charge in [0.25, 0.3) is 0 Å². The van der Waals surface area contributed by atoms with E-state index >= 15 is 0 Å². The molecule has 0 saturated heterocycles. The Morgan fingerprint density at radius 3 is 2.67 bits per heavy atom. The molecule has 0 radical (unpaired) electrons. The molecule has 3 nitrogen and oxygen atoms in total. The van der Waals surface area contributed by atoms with Crippen molar-refractivity contribution in [2.45, 2.75) is 45.4 Å². The summed E-state index contributed by atoms with van der Waals surface area (Å²) in [6.07, 6.45) is 12.2. The van der Waals surface area contributed by atoms with Gasteiger partial charge in [-0.05, 0) is 56.8 Å². The summed E-state index contributed by atoms with van der Waals surface area (Å²) in [7, 11) is 0. The molecule has 0 saturated carbocycles. The quantitative estimate of drug-likeness (QED) is 0.423. The minimum atomic E-state index is -0.363. The summed E-state index contributed by atoms with van der Waals surface area (Å²) in [5, 5.41) is 0. The van der Waals surface area contributed by atoms with Gasteiger partial charge in [-0.15, -0.1) is 0 Å². The molecule has 0 unspecified atom stereocenters. The molecule has 0 N–H and O–H groups in total. The van der Waals surface area contributed by atoms with Crippen molar-refractivity contribution in [3.8, 4) is 0 Å². The predicted octanol–water partition coefficient (Wildman–Crippen LogP) is 3.63. The molecular weight excluding hydrogens is 228 g/mol. The summed E-state index contributed by atoms with van der Waals surface area (Å²) < 4.78 is 10.7. The summed E-state index contributed by atoms with van der Waals surface area (Å²) in [5.41, 5.74) is 1.18. The predicted molar refractivity (Wildman–Crippen MR) is 69.7 cm³/mol. The molecule has 0 aromatic carbocycles. The molecule has 0 atom stereocenters. The standard InChI is InChI=1S/C15H20O3/c1-2-17-14(11-12-7-3-4-8-12)15(16)18-13-9-5-6-10-13/h7,9,11H,2-6,8,10H2,1H3. The average Bonchev–Trinajstić information content (AvgIpc) is 3.01. The fourth-order valence-electron chi connectivity index (χ4n) is 2.21. The van der Waals surface area contributed by atoms with Crippen LogP contribution in [0.4, 0.5) is 0 Å². The highest BCUT2D eigenvalue weighted by molar-refractivity contribution is 5.87. The van der Waals surface area contributed by atoms with Crippen molar-refractivity contribution in [2.75, 3.05) is 6.61 Å². The van der Waals surface area contributed by atoms with Gasteiger partial charge in [0.1, 0.15) is 5.76 Å². The van der Waals surface area contributed by atoms with Gasteiger partial charge < -0.3 is 9.47 Å². The summed E-state index contributed by atoms with van der Waals surface area (Å²) in [4.78, 5) is 12.0. The maximum atomic E-state index is 12.0. The smallest absolute Gasteiger partial charge is 0.378 e. The second-order valence-corrected chi connectivity index (χ2v) is 4.57. The Kier molecular flexibility index (Phi) is 4.62. The minimum absolute atomic E-state index is 0.332. The summed E-state index contributed by atoms with van der Waals surface area (Å²) >= 11 is 0. The van der Waals surface area contributed by atoms with Crippen molar-refractivity contribution in [1.82, 2.24) is 0 Å². The maximum absolute atomic E-state index is 12.0. The van der Waals surface area contributed by atoms with E-state index in [4.69, 9.17) is 9.47 Å². The molecule has 2 aliphatic carbocycles. The molecule has 0 spiro atoms. The highest BCUT2D eigenvalue weighted by Crippen LogP contribution is 2.23. The van der Waals surface area contributed by atoms with Gasteiger partial charge >= 0.3 is 5.97 Å². The van der Waals surface area contributed by atoms with Crippen LogP contribution >= 0.6 is 0 Å². The Bertz CT molecular complexity index is 402. The number of hydrogen-bond donors (Lipinski definition) is 0. The van der Waals surface area contributed by atoms with E-state index in [1.807, 2.05) is 19.1 Å². The van der Waals surface area contributed by atoms with Gasteiger partial charge in [0.15, 0.2) is 0 Å². The number of hydrogen-bond acceptors (Lipinski definition) is 3. The van der Waals surface area contributed by atoms with Gasteiger partial charge in [0.2, 0.25) is 5.76 Å². The molecule has 0 aromatic rings. The largest absolute Gasteiger partial charge is 0.487 e. The second kappa shape index (κ2) is 6.43. The fourth-order valence-corrected chi connectivity index (χ4v) is 2.21. The van der Waals surface area contributed by atoms with E-state index in [1.54, 1.807) is 0 Å². The first-order chi connectivity index (χ1) is 8.79. The van der Waals surface area contributed by atoms with E-state index in [2.05, 4.69) is 6.08 Å². The first-order valence-electron chi connectivity index (χ1n) is 6.74. The topological polar surface area (TPSA) is 35.5 Å². The third-order valence-electron chi connectivity index (χ3n) is 3.12. The van der Waals surface area contributed by atoms with Gasteiger partial charge in [0.05, 0.1) is 6.61 Å².